The Balaban J connectivity index is 1.44. The highest BCUT2D eigenvalue weighted by Crippen LogP contribution is 2.29. The second-order valence-corrected chi connectivity index (χ2v) is 7.75. The highest BCUT2D eigenvalue weighted by atomic mass is 16.5. The summed E-state index contributed by atoms with van der Waals surface area (Å²) in [5.41, 5.74) is 4.40. The SMILES string of the molecule is Cc1ccc(OCC(=O)N2CCCC(c3nc4ccccc4n3C)C2)c(C)c1. The third-order valence-corrected chi connectivity index (χ3v) is 5.64. The van der Waals surface area contributed by atoms with Gasteiger partial charge >= 0.3 is 0 Å². The van der Waals surface area contributed by atoms with Gasteiger partial charge in [0.05, 0.1) is 11.0 Å². The van der Waals surface area contributed by atoms with Crippen LogP contribution in [0.25, 0.3) is 11.0 Å². The Hall–Kier alpha value is -2.82. The Morgan fingerprint density at radius 2 is 2.04 bits per heavy atom. The van der Waals surface area contributed by atoms with Gasteiger partial charge in [0.1, 0.15) is 11.6 Å². The third-order valence-electron chi connectivity index (χ3n) is 5.64. The summed E-state index contributed by atoms with van der Waals surface area (Å²) in [7, 11) is 2.06. The van der Waals surface area contributed by atoms with Crippen LogP contribution in [-0.2, 0) is 11.8 Å². The second kappa shape index (κ2) is 7.66. The summed E-state index contributed by atoms with van der Waals surface area (Å²) >= 11 is 0. The number of hydrogen-bond acceptors (Lipinski definition) is 3. The fraction of sp³-hybridized carbons (Fsp3) is 0.391. The van der Waals surface area contributed by atoms with Gasteiger partial charge in [-0.1, -0.05) is 29.8 Å². The molecule has 1 aliphatic heterocycles. The average molecular weight is 377 g/mol. The number of benzene rings is 2. The van der Waals surface area contributed by atoms with Gasteiger partial charge in [0.15, 0.2) is 6.61 Å². The van der Waals surface area contributed by atoms with E-state index in [2.05, 4.69) is 30.7 Å². The van der Waals surface area contributed by atoms with Gasteiger partial charge in [-0.2, -0.15) is 0 Å². The molecule has 0 radical (unpaired) electrons. The highest BCUT2D eigenvalue weighted by Gasteiger charge is 2.28. The minimum Gasteiger partial charge on any atom is -0.484 e. The maximum atomic E-state index is 12.8. The molecule has 1 amide bonds. The van der Waals surface area contributed by atoms with Gasteiger partial charge in [0.25, 0.3) is 5.91 Å². The number of para-hydroxylation sites is 2. The molecule has 2 heterocycles. The van der Waals surface area contributed by atoms with Crippen molar-refractivity contribution in [1.29, 1.82) is 0 Å². The van der Waals surface area contributed by atoms with Crippen LogP contribution in [0.15, 0.2) is 42.5 Å². The van der Waals surface area contributed by atoms with Gasteiger partial charge < -0.3 is 14.2 Å². The highest BCUT2D eigenvalue weighted by molar-refractivity contribution is 5.78. The van der Waals surface area contributed by atoms with Gasteiger partial charge in [-0.3, -0.25) is 4.79 Å². The van der Waals surface area contributed by atoms with Crippen molar-refractivity contribution in [3.63, 3.8) is 0 Å². The molecule has 0 bridgehead atoms. The molecule has 1 unspecified atom stereocenters. The lowest BCUT2D eigenvalue weighted by Crippen LogP contribution is -2.42. The van der Waals surface area contributed by atoms with Gasteiger partial charge in [-0.15, -0.1) is 0 Å². The Morgan fingerprint density at radius 1 is 1.21 bits per heavy atom. The first-order chi connectivity index (χ1) is 13.5. The molecule has 146 valence electrons. The van der Waals surface area contributed by atoms with E-state index in [0.717, 1.165) is 47.6 Å². The Bertz CT molecular complexity index is 1010. The molecule has 1 aromatic heterocycles. The van der Waals surface area contributed by atoms with Gasteiger partial charge in [0.2, 0.25) is 0 Å². The van der Waals surface area contributed by atoms with E-state index < -0.39 is 0 Å². The van der Waals surface area contributed by atoms with E-state index in [4.69, 9.17) is 9.72 Å². The quantitative estimate of drug-likeness (QED) is 0.691. The van der Waals surface area contributed by atoms with Crippen LogP contribution in [-0.4, -0.2) is 40.1 Å². The number of rotatable bonds is 4. The fourth-order valence-corrected chi connectivity index (χ4v) is 4.14. The summed E-state index contributed by atoms with van der Waals surface area (Å²) in [6.07, 6.45) is 2.04. The summed E-state index contributed by atoms with van der Waals surface area (Å²) in [5, 5.41) is 0. The van der Waals surface area contributed by atoms with Gasteiger partial charge in [-0.25, -0.2) is 4.98 Å². The van der Waals surface area contributed by atoms with Gasteiger partial charge in [0, 0.05) is 26.1 Å². The van der Waals surface area contributed by atoms with E-state index in [1.54, 1.807) is 0 Å². The number of fused-ring (bicyclic) bond motifs is 1. The predicted octanol–water partition coefficient (Wildman–Crippen LogP) is 3.98. The zero-order chi connectivity index (χ0) is 19.7. The first kappa shape index (κ1) is 18.5. The number of piperidine rings is 1. The molecule has 1 fully saturated rings. The van der Waals surface area contributed by atoms with Crippen molar-refractivity contribution in [3.8, 4) is 5.75 Å². The first-order valence-corrected chi connectivity index (χ1v) is 9.92. The summed E-state index contributed by atoms with van der Waals surface area (Å²) in [4.78, 5) is 19.5. The summed E-state index contributed by atoms with van der Waals surface area (Å²) < 4.78 is 7.97. The summed E-state index contributed by atoms with van der Waals surface area (Å²) in [5.74, 6) is 2.15. The first-order valence-electron chi connectivity index (χ1n) is 9.92. The van der Waals surface area contributed by atoms with Crippen molar-refractivity contribution in [2.24, 2.45) is 7.05 Å². The van der Waals surface area contributed by atoms with Crippen molar-refractivity contribution >= 4 is 16.9 Å². The van der Waals surface area contributed by atoms with Crippen LogP contribution in [0.4, 0.5) is 0 Å². The summed E-state index contributed by atoms with van der Waals surface area (Å²) in [6.45, 7) is 5.63. The summed E-state index contributed by atoms with van der Waals surface area (Å²) in [6, 6.07) is 14.2. The van der Waals surface area contributed by atoms with Gasteiger partial charge in [-0.05, 0) is 50.5 Å². The molecule has 3 aromatic rings. The molecule has 5 heteroatoms. The molecule has 4 rings (SSSR count). The van der Waals surface area contributed by atoms with Crippen molar-refractivity contribution in [3.05, 3.63) is 59.4 Å². The molecule has 28 heavy (non-hydrogen) atoms. The number of nitrogens with zero attached hydrogens (tertiary/aromatic N) is 3. The molecule has 0 N–H and O–H groups in total. The molecular weight excluding hydrogens is 350 g/mol. The number of aromatic nitrogens is 2. The molecule has 0 aliphatic carbocycles. The number of carbonyl (C=O) groups excluding carboxylic acids is 1. The number of hydrogen-bond donors (Lipinski definition) is 0. The Kier molecular flexibility index (Phi) is 5.07. The smallest absolute Gasteiger partial charge is 0.260 e. The van der Waals surface area contributed by atoms with E-state index in [0.29, 0.717) is 6.54 Å². The van der Waals surface area contributed by atoms with E-state index in [-0.39, 0.29) is 18.4 Å². The Morgan fingerprint density at radius 3 is 2.82 bits per heavy atom. The van der Waals surface area contributed by atoms with E-state index in [1.807, 2.05) is 42.2 Å². The normalized spacial score (nSPS) is 17.1. The maximum absolute atomic E-state index is 12.8. The number of ether oxygens (including phenoxy) is 1. The monoisotopic (exact) mass is 377 g/mol. The topological polar surface area (TPSA) is 47.4 Å². The number of aryl methyl sites for hydroxylation is 3. The maximum Gasteiger partial charge on any atom is 0.260 e. The number of carbonyl (C=O) groups is 1. The van der Waals surface area contributed by atoms with Crippen molar-refractivity contribution < 1.29 is 9.53 Å². The van der Waals surface area contributed by atoms with Crippen LogP contribution in [0.3, 0.4) is 0 Å². The lowest BCUT2D eigenvalue weighted by atomic mass is 9.97. The number of imidazole rings is 1. The molecular formula is C23H27N3O2. The molecule has 2 aromatic carbocycles. The standard InChI is InChI=1S/C23H27N3O2/c1-16-10-11-21(17(2)13-16)28-15-22(27)26-12-6-7-18(14-26)23-24-19-8-4-5-9-20(19)25(23)3/h4-5,8-11,13,18H,6-7,12,14-15H2,1-3H3. The lowest BCUT2D eigenvalue weighted by Gasteiger charge is -2.32. The van der Waals surface area contributed by atoms with E-state index in [9.17, 15) is 4.79 Å². The van der Waals surface area contributed by atoms with Crippen LogP contribution in [0, 0.1) is 13.8 Å². The van der Waals surface area contributed by atoms with Crippen molar-refractivity contribution in [1.82, 2.24) is 14.5 Å². The van der Waals surface area contributed by atoms with E-state index >= 15 is 0 Å². The molecule has 1 saturated heterocycles. The largest absolute Gasteiger partial charge is 0.484 e. The van der Waals surface area contributed by atoms with Crippen molar-refractivity contribution in [2.45, 2.75) is 32.6 Å². The molecule has 1 aliphatic rings. The molecule has 1 atom stereocenters. The third kappa shape index (κ3) is 3.61. The van der Waals surface area contributed by atoms with Crippen LogP contribution in [0.1, 0.15) is 35.7 Å². The molecule has 5 nitrogen and oxygen atoms in total. The van der Waals surface area contributed by atoms with Crippen LogP contribution in [0.5, 0.6) is 5.75 Å². The number of amides is 1. The van der Waals surface area contributed by atoms with Crippen LogP contribution >= 0.6 is 0 Å². The zero-order valence-electron chi connectivity index (χ0n) is 16.8. The predicted molar refractivity (Wildman–Crippen MR) is 111 cm³/mol. The fourth-order valence-electron chi connectivity index (χ4n) is 4.14. The lowest BCUT2D eigenvalue weighted by molar-refractivity contribution is -0.134. The molecule has 0 saturated carbocycles. The van der Waals surface area contributed by atoms with Crippen molar-refractivity contribution in [2.75, 3.05) is 19.7 Å². The minimum atomic E-state index is 0.0449. The minimum absolute atomic E-state index is 0.0449. The number of likely N-dealkylation sites (tertiary alicyclic amines) is 1. The average Bonchev–Trinajstić information content (AvgIpc) is 3.04. The second-order valence-electron chi connectivity index (χ2n) is 7.75. The van der Waals surface area contributed by atoms with Crippen LogP contribution in [0.2, 0.25) is 0 Å². The van der Waals surface area contributed by atoms with Crippen LogP contribution < -0.4 is 4.74 Å². The Labute approximate surface area is 165 Å². The van der Waals surface area contributed by atoms with E-state index in [1.165, 1.54) is 5.56 Å². The molecule has 0 spiro atoms. The zero-order valence-corrected chi connectivity index (χ0v) is 16.8.